The summed E-state index contributed by atoms with van der Waals surface area (Å²) in [5, 5.41) is 10.6. The molecule has 0 aromatic heterocycles. The first-order valence-electron chi connectivity index (χ1n) is 14.1. The topological polar surface area (TPSA) is 113 Å². The maximum Gasteiger partial charge on any atom is 0.315 e. The quantitative estimate of drug-likeness (QED) is 0.241. The Morgan fingerprint density at radius 3 is 2.26 bits per heavy atom. The summed E-state index contributed by atoms with van der Waals surface area (Å²) in [7, 11) is 4.61. The van der Waals surface area contributed by atoms with E-state index in [9.17, 15) is 14.7 Å². The molecule has 3 aromatic rings. The lowest BCUT2D eigenvalue weighted by atomic mass is 9.69. The van der Waals surface area contributed by atoms with E-state index in [1.807, 2.05) is 48.5 Å². The molecular formula is C34H35NO8. The van der Waals surface area contributed by atoms with Crippen LogP contribution in [0.15, 0.2) is 83.0 Å². The van der Waals surface area contributed by atoms with Crippen LogP contribution in [0.2, 0.25) is 0 Å². The van der Waals surface area contributed by atoms with Gasteiger partial charge in [-0.2, -0.15) is 0 Å². The standard InChI is InChI=1S/C34H35NO8/c1-20-31(34(38)43-15-14-42-24-8-6-5-7-9-24)32(22-11-12-28(39-2)26(36)17-22)33-25(35-20)16-23(18-27(33)37)21-10-13-29(40-3)30(19-21)41-4/h5-13,17,19,23,31-32,36H,14-16,18H2,1-4H3/t23-,31?,32+/m0/s1. The lowest BCUT2D eigenvalue weighted by Gasteiger charge is -2.36. The van der Waals surface area contributed by atoms with Crippen LogP contribution in [0.4, 0.5) is 0 Å². The zero-order valence-corrected chi connectivity index (χ0v) is 24.7. The largest absolute Gasteiger partial charge is 0.504 e. The number of phenolic OH excluding ortho intramolecular Hbond substituents is 1. The Morgan fingerprint density at radius 2 is 1.56 bits per heavy atom. The van der Waals surface area contributed by atoms with Crippen molar-refractivity contribution in [3.63, 3.8) is 0 Å². The van der Waals surface area contributed by atoms with Gasteiger partial charge in [-0.15, -0.1) is 0 Å². The molecule has 0 saturated carbocycles. The van der Waals surface area contributed by atoms with E-state index in [2.05, 4.69) is 0 Å². The molecule has 5 rings (SSSR count). The predicted molar refractivity (Wildman–Crippen MR) is 160 cm³/mol. The Bertz CT molecular complexity index is 1560. The average molecular weight is 586 g/mol. The van der Waals surface area contributed by atoms with Crippen molar-refractivity contribution in [2.24, 2.45) is 10.9 Å². The summed E-state index contributed by atoms with van der Waals surface area (Å²) in [5.41, 5.74) is 3.16. The van der Waals surface area contributed by atoms with Crippen LogP contribution in [0.25, 0.3) is 0 Å². The van der Waals surface area contributed by atoms with Crippen molar-refractivity contribution in [2.45, 2.75) is 31.6 Å². The number of nitrogens with zero attached hydrogens (tertiary/aromatic N) is 1. The van der Waals surface area contributed by atoms with Crippen LogP contribution in [0.1, 0.15) is 42.7 Å². The molecule has 0 amide bonds. The highest BCUT2D eigenvalue weighted by molar-refractivity contribution is 6.09. The SMILES string of the molecule is COc1ccc([C@H]2C3=C(C[C@H](c4ccc(OC)c(OC)c4)CC3=O)N=C(C)C2C(=O)OCCOc2ccccc2)cc1O. The average Bonchev–Trinajstić information content (AvgIpc) is 3.02. The number of benzene rings is 3. The molecule has 3 aromatic carbocycles. The van der Waals surface area contributed by atoms with Gasteiger partial charge in [-0.05, 0) is 66.8 Å². The highest BCUT2D eigenvalue weighted by Crippen LogP contribution is 2.48. The smallest absolute Gasteiger partial charge is 0.315 e. The van der Waals surface area contributed by atoms with Gasteiger partial charge in [0, 0.05) is 29.3 Å². The minimum Gasteiger partial charge on any atom is -0.504 e. The van der Waals surface area contributed by atoms with E-state index in [0.717, 1.165) is 5.56 Å². The number of para-hydroxylation sites is 1. The van der Waals surface area contributed by atoms with Crippen LogP contribution in [0.5, 0.6) is 28.7 Å². The second kappa shape index (κ2) is 13.0. The van der Waals surface area contributed by atoms with E-state index in [4.69, 9.17) is 28.7 Å². The number of hydrogen-bond donors (Lipinski definition) is 1. The molecule has 0 saturated heterocycles. The molecule has 1 unspecified atom stereocenters. The number of Topliss-reactive ketones (excluding diaryl/α,β-unsaturated/α-hetero) is 1. The van der Waals surface area contributed by atoms with Crippen LogP contribution in [0.3, 0.4) is 0 Å². The molecule has 0 radical (unpaired) electrons. The lowest BCUT2D eigenvalue weighted by molar-refractivity contribution is -0.147. The minimum absolute atomic E-state index is 0.0271. The van der Waals surface area contributed by atoms with Gasteiger partial charge >= 0.3 is 5.97 Å². The second-order valence-electron chi connectivity index (χ2n) is 10.5. The first kappa shape index (κ1) is 29.7. The third kappa shape index (κ3) is 6.21. The minimum atomic E-state index is -0.857. The van der Waals surface area contributed by atoms with E-state index >= 15 is 0 Å². The lowest BCUT2D eigenvalue weighted by Crippen LogP contribution is -2.38. The van der Waals surface area contributed by atoms with Gasteiger partial charge in [0.1, 0.15) is 24.9 Å². The van der Waals surface area contributed by atoms with Gasteiger partial charge < -0.3 is 28.8 Å². The normalized spacial score (nSPS) is 19.7. The number of carbonyl (C=O) groups excluding carboxylic acids is 2. The molecule has 1 N–H and O–H groups in total. The zero-order chi connectivity index (χ0) is 30.5. The van der Waals surface area contributed by atoms with Gasteiger partial charge in [0.25, 0.3) is 0 Å². The highest BCUT2D eigenvalue weighted by Gasteiger charge is 2.45. The summed E-state index contributed by atoms with van der Waals surface area (Å²) in [4.78, 5) is 32.4. The Balaban J connectivity index is 1.45. The molecule has 1 aliphatic carbocycles. The molecule has 0 fully saturated rings. The van der Waals surface area contributed by atoms with Gasteiger partial charge in [0.05, 0.1) is 21.3 Å². The third-order valence-corrected chi connectivity index (χ3v) is 7.92. The number of aromatic hydroxyl groups is 1. The van der Waals surface area contributed by atoms with Crippen molar-refractivity contribution in [1.82, 2.24) is 0 Å². The molecule has 2 aliphatic rings. The first-order chi connectivity index (χ1) is 20.8. The van der Waals surface area contributed by atoms with Crippen LogP contribution in [0, 0.1) is 5.92 Å². The fourth-order valence-electron chi connectivity index (χ4n) is 5.88. The van der Waals surface area contributed by atoms with Crippen molar-refractivity contribution in [1.29, 1.82) is 0 Å². The summed E-state index contributed by atoms with van der Waals surface area (Å²) >= 11 is 0. The maximum atomic E-state index is 13.9. The Labute approximate surface area is 250 Å². The Morgan fingerprint density at radius 1 is 0.860 bits per heavy atom. The van der Waals surface area contributed by atoms with Gasteiger partial charge in [-0.1, -0.05) is 30.3 Å². The summed E-state index contributed by atoms with van der Waals surface area (Å²) < 4.78 is 27.4. The monoisotopic (exact) mass is 585 g/mol. The summed E-state index contributed by atoms with van der Waals surface area (Å²) in [6.07, 6.45) is 0.730. The third-order valence-electron chi connectivity index (χ3n) is 7.92. The number of esters is 1. The first-order valence-corrected chi connectivity index (χ1v) is 14.1. The molecule has 0 spiro atoms. The van der Waals surface area contributed by atoms with Gasteiger partial charge in [-0.3, -0.25) is 14.6 Å². The molecule has 9 heteroatoms. The maximum absolute atomic E-state index is 13.9. The molecule has 0 bridgehead atoms. The van der Waals surface area contributed by atoms with Crippen LogP contribution >= 0.6 is 0 Å². The molecule has 43 heavy (non-hydrogen) atoms. The number of ether oxygens (including phenoxy) is 5. The van der Waals surface area contributed by atoms with Crippen LogP contribution in [-0.4, -0.2) is 57.1 Å². The van der Waals surface area contributed by atoms with Crippen molar-refractivity contribution in [3.05, 3.63) is 89.1 Å². The van der Waals surface area contributed by atoms with E-state index in [0.29, 0.717) is 52.0 Å². The van der Waals surface area contributed by atoms with E-state index < -0.39 is 17.8 Å². The fraction of sp³-hybridized carbons (Fsp3) is 0.324. The van der Waals surface area contributed by atoms with Gasteiger partial charge in [-0.25, -0.2) is 0 Å². The molecule has 3 atom stereocenters. The van der Waals surface area contributed by atoms with Crippen molar-refractivity contribution >= 4 is 17.5 Å². The van der Waals surface area contributed by atoms with Gasteiger partial charge in [0.2, 0.25) is 0 Å². The number of allylic oxidation sites excluding steroid dienone is 2. The molecule has 1 aliphatic heterocycles. The molecule has 1 heterocycles. The zero-order valence-electron chi connectivity index (χ0n) is 24.7. The summed E-state index contributed by atoms with van der Waals surface area (Å²) in [6.45, 7) is 1.98. The second-order valence-corrected chi connectivity index (χ2v) is 10.5. The number of hydrogen-bond acceptors (Lipinski definition) is 9. The van der Waals surface area contributed by atoms with Crippen molar-refractivity contribution in [3.8, 4) is 28.7 Å². The van der Waals surface area contributed by atoms with E-state index in [-0.39, 0.29) is 37.1 Å². The van der Waals surface area contributed by atoms with Crippen LogP contribution < -0.4 is 18.9 Å². The van der Waals surface area contributed by atoms with Crippen LogP contribution in [-0.2, 0) is 14.3 Å². The number of aliphatic imine (C=N–C) groups is 1. The Kier molecular flexibility index (Phi) is 8.99. The van der Waals surface area contributed by atoms with E-state index in [1.165, 1.54) is 7.11 Å². The summed E-state index contributed by atoms with van der Waals surface area (Å²) in [5.74, 6) is -0.232. The number of carbonyl (C=O) groups is 2. The number of methoxy groups -OCH3 is 3. The fourth-order valence-corrected chi connectivity index (χ4v) is 5.88. The molecule has 224 valence electrons. The number of phenols is 1. The molecular weight excluding hydrogens is 550 g/mol. The molecule has 9 nitrogen and oxygen atoms in total. The Hall–Kier alpha value is -4.79. The highest BCUT2D eigenvalue weighted by atomic mass is 16.6. The number of rotatable bonds is 10. The van der Waals surface area contributed by atoms with Crippen molar-refractivity contribution < 1.29 is 38.4 Å². The predicted octanol–water partition coefficient (Wildman–Crippen LogP) is 5.62. The van der Waals surface area contributed by atoms with Crippen molar-refractivity contribution in [2.75, 3.05) is 34.5 Å². The summed E-state index contributed by atoms with van der Waals surface area (Å²) in [6, 6.07) is 19.8. The van der Waals surface area contributed by atoms with Gasteiger partial charge in [0.15, 0.2) is 28.8 Å². The number of ketones is 1. The van der Waals surface area contributed by atoms with E-state index in [1.54, 1.807) is 39.3 Å².